The molecule has 0 radical (unpaired) electrons. The topological polar surface area (TPSA) is 57.8 Å². The first-order valence-electron chi connectivity index (χ1n) is 5.66. The Bertz CT molecular complexity index is 418. The van der Waals surface area contributed by atoms with Crippen molar-refractivity contribution in [2.24, 2.45) is 5.92 Å². The standard InChI is InChI=1S/C11H16IN3O/c1-7-3-2-4-8(5-7)15-10-9(12)11(16)14-6-13-10/h6-8H,2-5H2,1H3,(H2,13,14,15,16). The Labute approximate surface area is 108 Å². The Balaban J connectivity index is 2.08. The van der Waals surface area contributed by atoms with E-state index in [2.05, 4.69) is 22.2 Å². The molecule has 0 spiro atoms. The van der Waals surface area contributed by atoms with Crippen LogP contribution in [0, 0.1) is 9.49 Å². The third-order valence-corrected chi connectivity index (χ3v) is 4.07. The summed E-state index contributed by atoms with van der Waals surface area (Å²) in [5, 5.41) is 3.38. The van der Waals surface area contributed by atoms with Crippen LogP contribution in [0.1, 0.15) is 32.6 Å². The molecule has 1 aromatic heterocycles. The van der Waals surface area contributed by atoms with Crippen LogP contribution in [-0.2, 0) is 0 Å². The molecule has 0 bridgehead atoms. The van der Waals surface area contributed by atoms with Crippen molar-refractivity contribution >= 4 is 28.4 Å². The summed E-state index contributed by atoms with van der Waals surface area (Å²) in [5.74, 6) is 1.49. The number of aromatic nitrogens is 2. The summed E-state index contributed by atoms with van der Waals surface area (Å²) in [6.45, 7) is 2.28. The van der Waals surface area contributed by atoms with Crippen LogP contribution in [0.15, 0.2) is 11.1 Å². The fourth-order valence-corrected chi connectivity index (χ4v) is 2.69. The molecule has 1 aliphatic rings. The van der Waals surface area contributed by atoms with Gasteiger partial charge < -0.3 is 10.3 Å². The van der Waals surface area contributed by atoms with Gasteiger partial charge in [0, 0.05) is 6.04 Å². The maximum absolute atomic E-state index is 11.4. The molecule has 2 atom stereocenters. The van der Waals surface area contributed by atoms with Crippen molar-refractivity contribution < 1.29 is 0 Å². The second kappa shape index (κ2) is 5.16. The molecule has 0 saturated heterocycles. The SMILES string of the molecule is CC1CCCC(Nc2nc[nH]c(=O)c2I)C1. The van der Waals surface area contributed by atoms with Gasteiger partial charge in [0.05, 0.1) is 6.33 Å². The molecule has 1 saturated carbocycles. The minimum Gasteiger partial charge on any atom is -0.366 e. The molecule has 1 aromatic rings. The van der Waals surface area contributed by atoms with Gasteiger partial charge in [0.15, 0.2) is 0 Å². The van der Waals surface area contributed by atoms with Crippen molar-refractivity contribution in [3.05, 3.63) is 20.3 Å². The van der Waals surface area contributed by atoms with Gasteiger partial charge in [-0.25, -0.2) is 4.98 Å². The van der Waals surface area contributed by atoms with Gasteiger partial charge in [-0.2, -0.15) is 0 Å². The number of anilines is 1. The van der Waals surface area contributed by atoms with Crippen molar-refractivity contribution in [2.45, 2.75) is 38.6 Å². The van der Waals surface area contributed by atoms with E-state index in [1.807, 2.05) is 22.6 Å². The van der Waals surface area contributed by atoms with Crippen LogP contribution in [0.25, 0.3) is 0 Å². The zero-order valence-corrected chi connectivity index (χ0v) is 11.5. The van der Waals surface area contributed by atoms with E-state index in [0.717, 1.165) is 11.7 Å². The third-order valence-electron chi connectivity index (χ3n) is 3.07. The highest BCUT2D eigenvalue weighted by atomic mass is 127. The number of halogens is 1. The largest absolute Gasteiger partial charge is 0.366 e. The lowest BCUT2D eigenvalue weighted by atomic mass is 9.87. The van der Waals surface area contributed by atoms with E-state index in [9.17, 15) is 4.79 Å². The smallest absolute Gasteiger partial charge is 0.266 e. The van der Waals surface area contributed by atoms with E-state index in [4.69, 9.17) is 0 Å². The van der Waals surface area contributed by atoms with E-state index >= 15 is 0 Å². The van der Waals surface area contributed by atoms with Crippen LogP contribution in [0.5, 0.6) is 0 Å². The maximum Gasteiger partial charge on any atom is 0.266 e. The number of H-pyrrole nitrogens is 1. The van der Waals surface area contributed by atoms with Crippen LogP contribution in [-0.4, -0.2) is 16.0 Å². The highest BCUT2D eigenvalue weighted by molar-refractivity contribution is 14.1. The molecule has 4 nitrogen and oxygen atoms in total. The summed E-state index contributed by atoms with van der Waals surface area (Å²) in [5.41, 5.74) is -0.0676. The first-order valence-corrected chi connectivity index (χ1v) is 6.74. The minimum atomic E-state index is -0.0676. The van der Waals surface area contributed by atoms with Gasteiger partial charge in [-0.3, -0.25) is 4.79 Å². The van der Waals surface area contributed by atoms with Crippen molar-refractivity contribution in [1.82, 2.24) is 9.97 Å². The van der Waals surface area contributed by atoms with Crippen LogP contribution in [0.2, 0.25) is 0 Å². The second-order valence-electron chi connectivity index (χ2n) is 4.51. The average Bonchev–Trinajstić information content (AvgIpc) is 2.25. The second-order valence-corrected chi connectivity index (χ2v) is 5.59. The zero-order chi connectivity index (χ0) is 11.5. The van der Waals surface area contributed by atoms with Crippen molar-refractivity contribution in [1.29, 1.82) is 0 Å². The van der Waals surface area contributed by atoms with Gasteiger partial charge in [-0.15, -0.1) is 0 Å². The van der Waals surface area contributed by atoms with Gasteiger partial charge in [-0.1, -0.05) is 19.8 Å². The predicted molar refractivity (Wildman–Crippen MR) is 72.6 cm³/mol. The van der Waals surface area contributed by atoms with Gasteiger partial charge in [0.25, 0.3) is 5.56 Å². The Morgan fingerprint density at radius 2 is 2.38 bits per heavy atom. The number of rotatable bonds is 2. The fourth-order valence-electron chi connectivity index (χ4n) is 2.24. The molecular formula is C11H16IN3O. The lowest BCUT2D eigenvalue weighted by Crippen LogP contribution is -2.28. The minimum absolute atomic E-state index is 0.0676. The number of hydrogen-bond acceptors (Lipinski definition) is 3. The Hall–Kier alpha value is -0.590. The molecule has 1 heterocycles. The number of nitrogens with one attached hydrogen (secondary N) is 2. The van der Waals surface area contributed by atoms with E-state index in [-0.39, 0.29) is 5.56 Å². The molecule has 88 valence electrons. The molecule has 2 N–H and O–H groups in total. The van der Waals surface area contributed by atoms with Gasteiger partial charge >= 0.3 is 0 Å². The van der Waals surface area contributed by atoms with Crippen LogP contribution >= 0.6 is 22.6 Å². The fraction of sp³-hybridized carbons (Fsp3) is 0.636. The Kier molecular flexibility index (Phi) is 3.83. The first kappa shape index (κ1) is 11.9. The Morgan fingerprint density at radius 1 is 1.56 bits per heavy atom. The van der Waals surface area contributed by atoms with Crippen molar-refractivity contribution in [2.75, 3.05) is 5.32 Å². The molecule has 1 aliphatic carbocycles. The summed E-state index contributed by atoms with van der Waals surface area (Å²) in [6, 6.07) is 0.464. The van der Waals surface area contributed by atoms with E-state index in [1.165, 1.54) is 32.0 Å². The maximum atomic E-state index is 11.4. The molecule has 0 aromatic carbocycles. The molecule has 1 fully saturated rings. The average molecular weight is 333 g/mol. The summed E-state index contributed by atoms with van der Waals surface area (Å²) < 4.78 is 0.651. The highest BCUT2D eigenvalue weighted by Crippen LogP contribution is 2.26. The summed E-state index contributed by atoms with van der Waals surface area (Å²) in [7, 11) is 0. The van der Waals surface area contributed by atoms with E-state index in [1.54, 1.807) is 0 Å². The van der Waals surface area contributed by atoms with Gasteiger partial charge in [0.1, 0.15) is 9.39 Å². The van der Waals surface area contributed by atoms with Crippen molar-refractivity contribution in [3.8, 4) is 0 Å². The molecule has 0 amide bonds. The molecule has 16 heavy (non-hydrogen) atoms. The lowest BCUT2D eigenvalue weighted by Gasteiger charge is -2.27. The quantitative estimate of drug-likeness (QED) is 0.817. The number of hydrogen-bond donors (Lipinski definition) is 2. The summed E-state index contributed by atoms with van der Waals surface area (Å²) in [4.78, 5) is 18.2. The van der Waals surface area contributed by atoms with Crippen LogP contribution < -0.4 is 10.9 Å². The summed E-state index contributed by atoms with van der Waals surface area (Å²) in [6.07, 6.45) is 6.38. The van der Waals surface area contributed by atoms with Crippen LogP contribution in [0.4, 0.5) is 5.82 Å². The first-order chi connectivity index (χ1) is 7.66. The molecule has 0 aliphatic heterocycles. The van der Waals surface area contributed by atoms with Gasteiger partial charge in [-0.05, 0) is 41.4 Å². The molecule has 2 unspecified atom stereocenters. The van der Waals surface area contributed by atoms with Crippen LogP contribution in [0.3, 0.4) is 0 Å². The Morgan fingerprint density at radius 3 is 3.12 bits per heavy atom. The van der Waals surface area contributed by atoms with E-state index in [0.29, 0.717) is 9.61 Å². The van der Waals surface area contributed by atoms with E-state index < -0.39 is 0 Å². The highest BCUT2D eigenvalue weighted by Gasteiger charge is 2.19. The predicted octanol–water partition coefficient (Wildman–Crippen LogP) is 2.37. The zero-order valence-electron chi connectivity index (χ0n) is 9.29. The third kappa shape index (κ3) is 2.75. The number of aromatic amines is 1. The van der Waals surface area contributed by atoms with Gasteiger partial charge in [0.2, 0.25) is 0 Å². The normalized spacial score (nSPS) is 25.4. The lowest BCUT2D eigenvalue weighted by molar-refractivity contribution is 0.358. The molecular weight excluding hydrogens is 317 g/mol. The number of nitrogens with zero attached hydrogens (tertiary/aromatic N) is 1. The monoisotopic (exact) mass is 333 g/mol. The summed E-state index contributed by atoms with van der Waals surface area (Å²) >= 11 is 2.04. The molecule has 2 rings (SSSR count). The van der Waals surface area contributed by atoms with Crippen molar-refractivity contribution in [3.63, 3.8) is 0 Å². The molecule has 5 heteroatoms.